The van der Waals surface area contributed by atoms with Crippen LogP contribution in [0.25, 0.3) is 11.0 Å². The average molecular weight is 351 g/mol. The van der Waals surface area contributed by atoms with Crippen LogP contribution in [0.5, 0.6) is 0 Å². The van der Waals surface area contributed by atoms with Crippen molar-refractivity contribution in [2.45, 2.75) is 0 Å². The molecule has 0 saturated carbocycles. The molecule has 126 valence electrons. The molecule has 0 N–H and O–H groups in total. The van der Waals surface area contributed by atoms with Gasteiger partial charge in [0.25, 0.3) is 5.91 Å². The van der Waals surface area contributed by atoms with Crippen LogP contribution >= 0.6 is 11.3 Å². The molecule has 2 unspecified atom stereocenters. The van der Waals surface area contributed by atoms with Crippen molar-refractivity contribution in [3.63, 3.8) is 0 Å². The van der Waals surface area contributed by atoms with Gasteiger partial charge in [-0.15, -0.1) is 11.3 Å². The van der Waals surface area contributed by atoms with Crippen molar-refractivity contribution >= 4 is 33.4 Å². The molecule has 0 aliphatic carbocycles. The van der Waals surface area contributed by atoms with Gasteiger partial charge in [0, 0.05) is 49.6 Å². The van der Waals surface area contributed by atoms with E-state index in [9.17, 15) is 4.79 Å². The second kappa shape index (κ2) is 5.77. The van der Waals surface area contributed by atoms with Crippen molar-refractivity contribution in [3.8, 4) is 0 Å². The molecule has 25 heavy (non-hydrogen) atoms. The number of rotatable bonds is 2. The number of anilines is 1. The van der Waals surface area contributed by atoms with Crippen LogP contribution in [-0.4, -0.2) is 51.9 Å². The van der Waals surface area contributed by atoms with Gasteiger partial charge in [-0.2, -0.15) is 0 Å². The molecule has 1 amide bonds. The van der Waals surface area contributed by atoms with E-state index in [-0.39, 0.29) is 5.91 Å². The van der Waals surface area contributed by atoms with Crippen molar-refractivity contribution in [1.29, 1.82) is 0 Å². The van der Waals surface area contributed by atoms with Crippen LogP contribution in [0.15, 0.2) is 42.0 Å². The fourth-order valence-corrected chi connectivity index (χ4v) is 4.57. The summed E-state index contributed by atoms with van der Waals surface area (Å²) < 4.78 is 0. The SMILES string of the molecule is O=C(c1cnc2ccccc2n1)N1CC2CN(c3nccs3)CC2C1. The van der Waals surface area contributed by atoms with E-state index >= 15 is 0 Å². The van der Waals surface area contributed by atoms with Crippen molar-refractivity contribution in [1.82, 2.24) is 19.9 Å². The average Bonchev–Trinajstić information content (AvgIpc) is 3.36. The first-order chi connectivity index (χ1) is 12.3. The number of nitrogens with zero attached hydrogens (tertiary/aromatic N) is 5. The summed E-state index contributed by atoms with van der Waals surface area (Å²) in [4.78, 5) is 30.4. The Kier molecular flexibility index (Phi) is 3.41. The van der Waals surface area contributed by atoms with Crippen molar-refractivity contribution in [2.75, 3.05) is 31.1 Å². The molecular weight excluding hydrogens is 334 g/mol. The second-order valence-electron chi connectivity index (χ2n) is 6.69. The van der Waals surface area contributed by atoms with E-state index in [1.165, 1.54) is 0 Å². The Balaban J connectivity index is 1.31. The smallest absolute Gasteiger partial charge is 0.274 e. The molecule has 5 rings (SSSR count). The Morgan fingerprint density at radius 1 is 1.04 bits per heavy atom. The van der Waals surface area contributed by atoms with Gasteiger partial charge in [-0.1, -0.05) is 12.1 Å². The summed E-state index contributed by atoms with van der Waals surface area (Å²) >= 11 is 1.68. The summed E-state index contributed by atoms with van der Waals surface area (Å²) in [6, 6.07) is 7.64. The Hall–Kier alpha value is -2.54. The summed E-state index contributed by atoms with van der Waals surface area (Å²) in [6.07, 6.45) is 3.45. The third-order valence-electron chi connectivity index (χ3n) is 5.13. The fraction of sp³-hybridized carbons (Fsp3) is 0.333. The number of hydrogen-bond donors (Lipinski definition) is 0. The zero-order valence-electron chi connectivity index (χ0n) is 13.6. The summed E-state index contributed by atoms with van der Waals surface area (Å²) in [5.41, 5.74) is 2.02. The highest BCUT2D eigenvalue weighted by Gasteiger charge is 2.42. The number of hydrogen-bond acceptors (Lipinski definition) is 6. The van der Waals surface area contributed by atoms with Gasteiger partial charge < -0.3 is 9.80 Å². The van der Waals surface area contributed by atoms with Gasteiger partial charge in [0.05, 0.1) is 17.2 Å². The van der Waals surface area contributed by atoms with Crippen LogP contribution in [0.4, 0.5) is 5.13 Å². The second-order valence-corrected chi connectivity index (χ2v) is 7.57. The van der Waals surface area contributed by atoms with Gasteiger partial charge in [-0.3, -0.25) is 9.78 Å². The number of fused-ring (bicyclic) bond motifs is 2. The van der Waals surface area contributed by atoms with E-state index in [1.54, 1.807) is 17.5 Å². The van der Waals surface area contributed by atoms with Gasteiger partial charge in [-0.25, -0.2) is 9.97 Å². The zero-order valence-corrected chi connectivity index (χ0v) is 14.4. The van der Waals surface area contributed by atoms with E-state index in [4.69, 9.17) is 0 Å². The lowest BCUT2D eigenvalue weighted by atomic mass is 10.0. The lowest BCUT2D eigenvalue weighted by Gasteiger charge is -2.21. The highest BCUT2D eigenvalue weighted by Crippen LogP contribution is 2.35. The van der Waals surface area contributed by atoms with Crippen LogP contribution in [-0.2, 0) is 0 Å². The summed E-state index contributed by atoms with van der Waals surface area (Å²) in [5, 5.41) is 3.10. The molecule has 0 bridgehead atoms. The number of para-hydroxylation sites is 2. The third kappa shape index (κ3) is 2.55. The molecular formula is C18H17N5OS. The van der Waals surface area contributed by atoms with Crippen LogP contribution in [0.1, 0.15) is 10.5 Å². The first-order valence-corrected chi connectivity index (χ1v) is 9.31. The van der Waals surface area contributed by atoms with Gasteiger partial charge >= 0.3 is 0 Å². The van der Waals surface area contributed by atoms with Crippen molar-refractivity contribution < 1.29 is 4.79 Å². The third-order valence-corrected chi connectivity index (χ3v) is 5.96. The molecule has 2 atom stereocenters. The zero-order chi connectivity index (χ0) is 16.8. The van der Waals surface area contributed by atoms with Crippen LogP contribution in [0.3, 0.4) is 0 Å². The number of likely N-dealkylation sites (tertiary alicyclic amines) is 1. The number of benzene rings is 1. The Morgan fingerprint density at radius 2 is 1.80 bits per heavy atom. The van der Waals surface area contributed by atoms with E-state index in [0.717, 1.165) is 42.3 Å². The maximum absolute atomic E-state index is 12.8. The predicted molar refractivity (Wildman–Crippen MR) is 96.7 cm³/mol. The maximum atomic E-state index is 12.8. The quantitative estimate of drug-likeness (QED) is 0.709. The van der Waals surface area contributed by atoms with E-state index in [2.05, 4.69) is 19.9 Å². The number of carbonyl (C=O) groups excluding carboxylic acids is 1. The molecule has 3 aromatic rings. The fourth-order valence-electron chi connectivity index (χ4n) is 3.91. The van der Waals surface area contributed by atoms with Crippen LogP contribution < -0.4 is 4.90 Å². The minimum absolute atomic E-state index is 0.00606. The molecule has 0 radical (unpaired) electrons. The Labute approximate surface area is 149 Å². The predicted octanol–water partition coefficient (Wildman–Crippen LogP) is 2.29. The summed E-state index contributed by atoms with van der Waals surface area (Å²) in [7, 11) is 0. The highest BCUT2D eigenvalue weighted by molar-refractivity contribution is 7.13. The largest absolute Gasteiger partial charge is 0.347 e. The van der Waals surface area contributed by atoms with Crippen LogP contribution in [0.2, 0.25) is 0 Å². The van der Waals surface area contributed by atoms with Gasteiger partial charge in [0.1, 0.15) is 5.69 Å². The molecule has 2 aliphatic heterocycles. The standard InChI is InChI=1S/C18H17N5OS/c24-17(16-7-20-14-3-1-2-4-15(14)21-16)22-8-12-10-23(11-13(12)9-22)18-19-5-6-25-18/h1-7,12-13H,8-11H2. The molecule has 2 aliphatic rings. The molecule has 2 aromatic heterocycles. The van der Waals surface area contributed by atoms with E-state index < -0.39 is 0 Å². The number of thiazole rings is 1. The first-order valence-electron chi connectivity index (χ1n) is 8.43. The molecule has 7 heteroatoms. The molecule has 1 aromatic carbocycles. The van der Waals surface area contributed by atoms with Crippen LogP contribution in [0, 0.1) is 11.8 Å². The molecule has 6 nitrogen and oxygen atoms in total. The minimum atomic E-state index is -0.00606. The molecule has 2 fully saturated rings. The molecule has 4 heterocycles. The number of amides is 1. The first kappa shape index (κ1) is 14.8. The lowest BCUT2D eigenvalue weighted by molar-refractivity contribution is 0.0777. The van der Waals surface area contributed by atoms with Crippen molar-refractivity contribution in [3.05, 3.63) is 47.7 Å². The van der Waals surface area contributed by atoms with E-state index in [0.29, 0.717) is 17.5 Å². The topological polar surface area (TPSA) is 62.2 Å². The summed E-state index contributed by atoms with van der Waals surface area (Å²) in [5.74, 6) is 1.02. The number of carbonyl (C=O) groups is 1. The van der Waals surface area contributed by atoms with E-state index in [1.807, 2.05) is 40.7 Å². The minimum Gasteiger partial charge on any atom is -0.347 e. The van der Waals surface area contributed by atoms with Gasteiger partial charge in [-0.05, 0) is 12.1 Å². The normalized spacial score (nSPS) is 22.6. The number of aromatic nitrogens is 3. The maximum Gasteiger partial charge on any atom is 0.274 e. The Bertz CT molecular complexity index is 914. The summed E-state index contributed by atoms with van der Waals surface area (Å²) in [6.45, 7) is 3.54. The Morgan fingerprint density at radius 3 is 2.52 bits per heavy atom. The van der Waals surface area contributed by atoms with Gasteiger partial charge in [0.15, 0.2) is 5.13 Å². The highest BCUT2D eigenvalue weighted by atomic mass is 32.1. The molecule has 2 saturated heterocycles. The van der Waals surface area contributed by atoms with Gasteiger partial charge in [0.2, 0.25) is 0 Å². The lowest BCUT2D eigenvalue weighted by Crippen LogP contribution is -2.33. The van der Waals surface area contributed by atoms with Crippen molar-refractivity contribution in [2.24, 2.45) is 11.8 Å². The monoisotopic (exact) mass is 351 g/mol. The molecule has 0 spiro atoms.